The van der Waals surface area contributed by atoms with Crippen molar-refractivity contribution < 1.29 is 0 Å². The number of hydrogen-bond acceptors (Lipinski definition) is 0. The molecule has 0 saturated carbocycles. The molecule has 0 unspecified atom stereocenters. The summed E-state index contributed by atoms with van der Waals surface area (Å²) in [6, 6.07) is 1.25. The molecule has 0 saturated heterocycles. The lowest BCUT2D eigenvalue weighted by molar-refractivity contribution is 1.57. The van der Waals surface area contributed by atoms with Gasteiger partial charge in [-0.1, -0.05) is 65.3 Å². The molecule has 0 rings (SSSR count). The fraction of sp³-hybridized carbons (Fsp3) is 0.900. The monoisotopic (exact) mass is 260 g/mol. The molecule has 0 bridgehead atoms. The Morgan fingerprint density at radius 2 is 1.29 bits per heavy atom. The van der Waals surface area contributed by atoms with E-state index in [1.165, 1.54) is 6.04 Å². The van der Waals surface area contributed by atoms with E-state index < -0.39 is 21.8 Å². The molecule has 0 aliphatic carbocycles. The Labute approximate surface area is 95.5 Å². The third-order valence-corrected chi connectivity index (χ3v) is 67.3. The van der Waals surface area contributed by atoms with Crippen molar-refractivity contribution in [3.8, 4) is 0 Å². The van der Waals surface area contributed by atoms with Crippen molar-refractivity contribution >= 4 is 30.1 Å². The van der Waals surface area contributed by atoms with Gasteiger partial charge in [-0.05, 0) is 0 Å². The van der Waals surface area contributed by atoms with Crippen LogP contribution in [0.4, 0.5) is 0 Å². The summed E-state index contributed by atoms with van der Waals surface area (Å²) in [7, 11) is -2.90. The van der Waals surface area contributed by atoms with Crippen molar-refractivity contribution in [2.24, 2.45) is 0 Å². The first kappa shape index (κ1) is 14.9. The first-order valence-corrected chi connectivity index (χ1v) is 20.3. The van der Waals surface area contributed by atoms with E-state index in [0.717, 1.165) is 0 Å². The van der Waals surface area contributed by atoms with E-state index in [1.54, 1.807) is 0 Å². The Kier molecular flexibility index (Phi) is 4.66. The molecule has 84 valence electrons. The summed E-state index contributed by atoms with van der Waals surface area (Å²) in [6.45, 7) is 25.2. The first-order chi connectivity index (χ1) is 6.00. The summed E-state index contributed by atoms with van der Waals surface area (Å²) >= 11 is 0. The van der Waals surface area contributed by atoms with Crippen LogP contribution in [0.2, 0.25) is 58.4 Å². The van der Waals surface area contributed by atoms with Crippen LogP contribution in [-0.2, 0) is 0 Å². The van der Waals surface area contributed by atoms with Gasteiger partial charge < -0.3 is 0 Å². The molecule has 0 aliphatic heterocycles. The highest BCUT2D eigenvalue weighted by molar-refractivity contribution is 7.80. The second kappa shape index (κ2) is 4.39. The van der Waals surface area contributed by atoms with Crippen molar-refractivity contribution in [1.29, 1.82) is 0 Å². The molecule has 0 amide bonds. The van der Waals surface area contributed by atoms with Crippen LogP contribution in [-0.4, -0.2) is 30.1 Å². The van der Waals surface area contributed by atoms with Gasteiger partial charge in [-0.3, -0.25) is 0 Å². The lowest BCUT2D eigenvalue weighted by Gasteiger charge is -2.50. The van der Waals surface area contributed by atoms with Crippen LogP contribution in [0.25, 0.3) is 0 Å². The molecule has 0 aromatic rings. The minimum Gasteiger partial charge on any atom is -0.0735 e. The third kappa shape index (κ3) is 2.33. The van der Waals surface area contributed by atoms with Crippen LogP contribution >= 0.6 is 0 Å². The lowest BCUT2D eigenvalue weighted by Crippen LogP contribution is -2.74. The smallest absolute Gasteiger partial charge is 0.0384 e. The Bertz CT molecular complexity index is 194. The van der Waals surface area contributed by atoms with Gasteiger partial charge in [-0.25, -0.2) is 0 Å². The van der Waals surface area contributed by atoms with E-state index in [4.69, 9.17) is 0 Å². The second-order valence-electron chi connectivity index (χ2n) is 6.38. The third-order valence-electron chi connectivity index (χ3n) is 5.13. The highest BCUT2D eigenvalue weighted by atomic mass is 29.8. The molecule has 0 spiro atoms. The van der Waals surface area contributed by atoms with Crippen molar-refractivity contribution in [3.05, 3.63) is 6.92 Å². The molecule has 4 heteroatoms. The fourth-order valence-corrected chi connectivity index (χ4v) is 59.5. The summed E-state index contributed by atoms with van der Waals surface area (Å²) in [6.07, 6.45) is 0. The van der Waals surface area contributed by atoms with E-state index >= 15 is 0 Å². The molecule has 2 radical (unpaired) electrons. The molecule has 0 aromatic carbocycles. The van der Waals surface area contributed by atoms with Crippen LogP contribution in [0.1, 0.15) is 0 Å². The van der Waals surface area contributed by atoms with E-state index in [-0.39, 0.29) is 8.31 Å². The zero-order valence-corrected chi connectivity index (χ0v) is 15.4. The second-order valence-corrected chi connectivity index (χ2v) is 44.2. The largest absolute Gasteiger partial charge is 0.0735 e. The summed E-state index contributed by atoms with van der Waals surface area (Å²) in [5, 5.41) is 0. The lowest BCUT2D eigenvalue weighted by atomic mass is 11.0. The fourth-order valence-electron chi connectivity index (χ4n) is 1.78. The van der Waals surface area contributed by atoms with Gasteiger partial charge in [0.25, 0.3) is 0 Å². The van der Waals surface area contributed by atoms with E-state index in [0.29, 0.717) is 0 Å². The van der Waals surface area contributed by atoms with Gasteiger partial charge in [0, 0.05) is 30.1 Å². The van der Waals surface area contributed by atoms with Crippen LogP contribution in [0.15, 0.2) is 0 Å². The van der Waals surface area contributed by atoms with E-state index in [1.807, 2.05) is 0 Å². The Balaban J connectivity index is 5.14. The quantitative estimate of drug-likeness (QED) is 0.672. The predicted octanol–water partition coefficient (Wildman–Crippen LogP) is 3.94. The summed E-state index contributed by atoms with van der Waals surface area (Å²) < 4.78 is 0. The minimum atomic E-state index is -0.988. The van der Waals surface area contributed by atoms with Crippen molar-refractivity contribution in [2.75, 3.05) is 0 Å². The molecule has 0 heterocycles. The maximum absolute atomic E-state index is 4.23. The molecular formula is C10H28Si4. The topological polar surface area (TPSA) is 0 Å². The Morgan fingerprint density at radius 1 is 0.929 bits per heavy atom. The minimum absolute atomic E-state index is 0.0525. The average Bonchev–Trinajstić information content (AvgIpc) is 2.03. The normalized spacial score (nSPS) is 15.0. The van der Waals surface area contributed by atoms with Crippen molar-refractivity contribution in [1.82, 2.24) is 0 Å². The standard InChI is InChI=1S/C10H28Si4/c1-10-12(4,5)14(8,9)13(6,7)11(2)3/h1,10H2,2-9H3. The molecule has 0 N–H and O–H groups in total. The maximum Gasteiger partial charge on any atom is 0.0384 e. The molecule has 0 fully saturated rings. The van der Waals surface area contributed by atoms with Gasteiger partial charge in [0.2, 0.25) is 0 Å². The molecular weight excluding hydrogens is 232 g/mol. The van der Waals surface area contributed by atoms with Gasteiger partial charge in [0.05, 0.1) is 0 Å². The van der Waals surface area contributed by atoms with E-state index in [9.17, 15) is 0 Å². The van der Waals surface area contributed by atoms with Crippen LogP contribution in [0.5, 0.6) is 0 Å². The zero-order valence-electron chi connectivity index (χ0n) is 11.4. The first-order valence-electron chi connectivity index (χ1n) is 5.60. The number of rotatable bonds is 4. The van der Waals surface area contributed by atoms with Crippen LogP contribution in [0, 0.1) is 6.92 Å². The van der Waals surface area contributed by atoms with Crippen molar-refractivity contribution in [2.45, 2.75) is 58.4 Å². The van der Waals surface area contributed by atoms with Crippen molar-refractivity contribution in [3.63, 3.8) is 0 Å². The van der Waals surface area contributed by atoms with Crippen LogP contribution in [0.3, 0.4) is 0 Å². The predicted molar refractivity (Wildman–Crippen MR) is 80.1 cm³/mol. The molecule has 14 heavy (non-hydrogen) atoms. The van der Waals surface area contributed by atoms with Gasteiger partial charge in [-0.2, -0.15) is 0 Å². The molecule has 0 nitrogen and oxygen atoms in total. The molecule has 0 atom stereocenters. The van der Waals surface area contributed by atoms with Gasteiger partial charge in [0.1, 0.15) is 0 Å². The summed E-state index contributed by atoms with van der Waals surface area (Å²) in [5.74, 6) is 0. The SMILES string of the molecule is [CH2]C[Si](C)(C)[Si](C)(C)[Si](C)(C)[Si](C)C. The maximum atomic E-state index is 4.23. The summed E-state index contributed by atoms with van der Waals surface area (Å²) in [5.41, 5.74) is 0. The Morgan fingerprint density at radius 3 is 1.50 bits per heavy atom. The highest BCUT2D eigenvalue weighted by Crippen LogP contribution is 2.32. The number of hydrogen-bond donors (Lipinski definition) is 0. The zero-order chi connectivity index (χ0) is 11.8. The summed E-state index contributed by atoms with van der Waals surface area (Å²) in [4.78, 5) is 0. The van der Waals surface area contributed by atoms with Gasteiger partial charge in [0.15, 0.2) is 0 Å². The van der Waals surface area contributed by atoms with Gasteiger partial charge >= 0.3 is 0 Å². The van der Waals surface area contributed by atoms with Gasteiger partial charge in [-0.15, -0.1) is 0 Å². The highest BCUT2D eigenvalue weighted by Gasteiger charge is 2.52. The molecule has 0 aromatic heterocycles. The van der Waals surface area contributed by atoms with Crippen LogP contribution < -0.4 is 0 Å². The van der Waals surface area contributed by atoms with E-state index in [2.05, 4.69) is 59.3 Å². The Hall–Kier alpha value is 0.868. The average molecular weight is 261 g/mol. The molecule has 0 aliphatic rings.